The Labute approximate surface area is 172 Å². The SMILES string of the molecule is CN(Cc1ccc(Cl)s1)CN1C(=O)N[C@](C)(c2cccc3ccccc23)C1=O. The molecule has 1 N–H and O–H groups in total. The number of hydrogen-bond donors (Lipinski definition) is 1. The fourth-order valence-corrected chi connectivity index (χ4v) is 4.83. The van der Waals surface area contributed by atoms with E-state index < -0.39 is 5.54 Å². The van der Waals surface area contributed by atoms with Gasteiger partial charge in [-0.25, -0.2) is 9.69 Å². The van der Waals surface area contributed by atoms with Crippen LogP contribution in [0.25, 0.3) is 10.8 Å². The van der Waals surface area contributed by atoms with E-state index in [0.717, 1.165) is 25.5 Å². The number of halogens is 1. The minimum atomic E-state index is -1.09. The van der Waals surface area contributed by atoms with E-state index in [-0.39, 0.29) is 18.6 Å². The topological polar surface area (TPSA) is 52.6 Å². The number of fused-ring (bicyclic) bond motifs is 1. The maximum atomic E-state index is 13.3. The molecule has 5 nitrogen and oxygen atoms in total. The van der Waals surface area contributed by atoms with Crippen molar-refractivity contribution in [2.45, 2.75) is 19.0 Å². The molecule has 1 atom stereocenters. The molecule has 0 bridgehead atoms. The average Bonchev–Trinajstić information content (AvgIpc) is 3.17. The lowest BCUT2D eigenvalue weighted by atomic mass is 9.88. The second-order valence-corrected chi connectivity index (χ2v) is 8.98. The molecule has 7 heteroatoms. The van der Waals surface area contributed by atoms with Crippen LogP contribution < -0.4 is 5.32 Å². The number of benzene rings is 2. The summed E-state index contributed by atoms with van der Waals surface area (Å²) in [5, 5.41) is 4.90. The van der Waals surface area contributed by atoms with Crippen LogP contribution in [0.5, 0.6) is 0 Å². The van der Waals surface area contributed by atoms with Crippen LogP contribution in [0.3, 0.4) is 0 Å². The number of nitrogens with zero attached hydrogens (tertiary/aromatic N) is 2. The highest BCUT2D eigenvalue weighted by atomic mass is 35.5. The summed E-state index contributed by atoms with van der Waals surface area (Å²) in [5.74, 6) is -0.245. The predicted molar refractivity (Wildman–Crippen MR) is 112 cm³/mol. The lowest BCUT2D eigenvalue weighted by Gasteiger charge is -2.25. The van der Waals surface area contributed by atoms with Crippen molar-refractivity contribution in [3.05, 3.63) is 69.4 Å². The third-order valence-electron chi connectivity index (χ3n) is 5.04. The zero-order valence-electron chi connectivity index (χ0n) is 15.6. The number of carbonyl (C=O) groups is 2. The van der Waals surface area contributed by atoms with E-state index in [4.69, 9.17) is 11.6 Å². The molecule has 1 aliphatic heterocycles. The Kier molecular flexibility index (Phi) is 4.87. The van der Waals surface area contributed by atoms with Gasteiger partial charge in [-0.3, -0.25) is 9.69 Å². The fourth-order valence-electron chi connectivity index (χ4n) is 3.66. The van der Waals surface area contributed by atoms with Crippen LogP contribution in [0.1, 0.15) is 17.4 Å². The molecule has 4 rings (SSSR count). The van der Waals surface area contributed by atoms with Crippen molar-refractivity contribution in [2.75, 3.05) is 13.7 Å². The second kappa shape index (κ2) is 7.20. The van der Waals surface area contributed by atoms with Crippen molar-refractivity contribution in [3.63, 3.8) is 0 Å². The monoisotopic (exact) mass is 413 g/mol. The van der Waals surface area contributed by atoms with Crippen LogP contribution in [-0.4, -0.2) is 35.5 Å². The molecule has 0 radical (unpaired) electrons. The van der Waals surface area contributed by atoms with Gasteiger partial charge in [-0.2, -0.15) is 0 Å². The molecule has 1 aliphatic rings. The third kappa shape index (κ3) is 3.28. The Balaban J connectivity index is 1.59. The molecule has 28 heavy (non-hydrogen) atoms. The molecule has 0 spiro atoms. The molecular formula is C21H20ClN3O2S. The molecule has 2 heterocycles. The zero-order chi connectivity index (χ0) is 19.9. The maximum absolute atomic E-state index is 13.3. The van der Waals surface area contributed by atoms with Gasteiger partial charge in [0.05, 0.1) is 11.0 Å². The number of nitrogens with one attached hydrogen (secondary N) is 1. The van der Waals surface area contributed by atoms with Gasteiger partial charge in [0.2, 0.25) is 0 Å². The summed E-state index contributed by atoms with van der Waals surface area (Å²) in [7, 11) is 1.88. The van der Waals surface area contributed by atoms with Crippen LogP contribution in [0.2, 0.25) is 4.34 Å². The lowest BCUT2D eigenvalue weighted by Crippen LogP contribution is -2.43. The van der Waals surface area contributed by atoms with Crippen LogP contribution in [0.15, 0.2) is 54.6 Å². The molecule has 1 aromatic heterocycles. The highest BCUT2D eigenvalue weighted by molar-refractivity contribution is 7.16. The Morgan fingerprint density at radius 2 is 1.86 bits per heavy atom. The maximum Gasteiger partial charge on any atom is 0.326 e. The minimum Gasteiger partial charge on any atom is -0.319 e. The van der Waals surface area contributed by atoms with E-state index in [2.05, 4.69) is 5.32 Å². The van der Waals surface area contributed by atoms with Crippen LogP contribution >= 0.6 is 22.9 Å². The van der Waals surface area contributed by atoms with E-state index in [1.54, 1.807) is 6.92 Å². The van der Waals surface area contributed by atoms with Crippen molar-refractivity contribution >= 4 is 45.6 Å². The molecule has 1 fully saturated rings. The van der Waals surface area contributed by atoms with Crippen molar-refractivity contribution in [2.24, 2.45) is 0 Å². The summed E-state index contributed by atoms with van der Waals surface area (Å²) in [6.45, 7) is 2.59. The number of thiophene rings is 1. The van der Waals surface area contributed by atoms with E-state index in [9.17, 15) is 9.59 Å². The number of hydrogen-bond acceptors (Lipinski definition) is 4. The van der Waals surface area contributed by atoms with Crippen LogP contribution in [0, 0.1) is 0 Å². The van der Waals surface area contributed by atoms with Gasteiger partial charge in [0, 0.05) is 11.4 Å². The molecule has 0 unspecified atom stereocenters. The summed E-state index contributed by atoms with van der Waals surface area (Å²) >= 11 is 7.48. The summed E-state index contributed by atoms with van der Waals surface area (Å²) in [4.78, 5) is 30.2. The van der Waals surface area contributed by atoms with Crippen molar-refractivity contribution in [3.8, 4) is 0 Å². The molecule has 1 saturated heterocycles. The zero-order valence-corrected chi connectivity index (χ0v) is 17.2. The Morgan fingerprint density at radius 3 is 2.61 bits per heavy atom. The molecule has 144 valence electrons. The first kappa shape index (κ1) is 18.9. The number of rotatable bonds is 5. The number of urea groups is 1. The van der Waals surface area contributed by atoms with Gasteiger partial charge >= 0.3 is 6.03 Å². The Bertz CT molecular complexity index is 1060. The third-order valence-corrected chi connectivity index (χ3v) is 6.26. The number of carbonyl (C=O) groups excluding carboxylic acids is 2. The Morgan fingerprint density at radius 1 is 1.11 bits per heavy atom. The largest absolute Gasteiger partial charge is 0.326 e. The Hall–Kier alpha value is -2.41. The van der Waals surface area contributed by atoms with Gasteiger partial charge in [0.15, 0.2) is 0 Å². The summed E-state index contributed by atoms with van der Waals surface area (Å²) < 4.78 is 0.724. The quantitative estimate of drug-likeness (QED) is 0.630. The van der Waals surface area contributed by atoms with Gasteiger partial charge in [-0.15, -0.1) is 11.3 Å². The molecule has 0 aliphatic carbocycles. The number of amides is 3. The van der Waals surface area contributed by atoms with E-state index in [0.29, 0.717) is 6.54 Å². The lowest BCUT2D eigenvalue weighted by molar-refractivity contribution is -0.132. The first-order valence-corrected chi connectivity index (χ1v) is 10.1. The van der Waals surface area contributed by atoms with E-state index in [1.807, 2.05) is 66.5 Å². The second-order valence-electron chi connectivity index (χ2n) is 7.18. The van der Waals surface area contributed by atoms with Gasteiger partial charge in [0.25, 0.3) is 5.91 Å². The van der Waals surface area contributed by atoms with Gasteiger partial charge in [-0.05, 0) is 42.4 Å². The van der Waals surface area contributed by atoms with E-state index in [1.165, 1.54) is 16.2 Å². The molecular weight excluding hydrogens is 394 g/mol. The normalized spacial score (nSPS) is 19.6. The van der Waals surface area contributed by atoms with Crippen LogP contribution in [0.4, 0.5) is 4.79 Å². The first-order chi connectivity index (χ1) is 13.4. The molecule has 0 saturated carbocycles. The average molecular weight is 414 g/mol. The van der Waals surface area contributed by atoms with Gasteiger partial charge in [-0.1, -0.05) is 54.1 Å². The van der Waals surface area contributed by atoms with Gasteiger partial charge in [0.1, 0.15) is 5.54 Å². The highest BCUT2D eigenvalue weighted by Crippen LogP contribution is 2.34. The summed E-state index contributed by atoms with van der Waals surface area (Å²) in [5.41, 5.74) is -0.287. The number of imide groups is 1. The van der Waals surface area contributed by atoms with Crippen LogP contribution in [-0.2, 0) is 16.9 Å². The smallest absolute Gasteiger partial charge is 0.319 e. The van der Waals surface area contributed by atoms with E-state index >= 15 is 0 Å². The molecule has 2 aromatic carbocycles. The fraction of sp³-hybridized carbons (Fsp3) is 0.238. The molecule has 3 aromatic rings. The highest BCUT2D eigenvalue weighted by Gasteiger charge is 2.49. The van der Waals surface area contributed by atoms with Crippen molar-refractivity contribution in [1.29, 1.82) is 0 Å². The summed E-state index contributed by atoms with van der Waals surface area (Å²) in [6.07, 6.45) is 0. The predicted octanol–water partition coefficient (Wildman–Crippen LogP) is 4.41. The standard InChI is InChI=1S/C21H20ClN3O2S/c1-21(17-9-5-7-14-6-3-4-8-16(14)17)19(26)25(20(27)23-21)13-24(2)12-15-10-11-18(22)28-15/h3-11H,12-13H2,1-2H3,(H,23,27)/t21-/m1/s1. The van der Waals surface area contributed by atoms with Gasteiger partial charge < -0.3 is 5.32 Å². The first-order valence-electron chi connectivity index (χ1n) is 8.93. The van der Waals surface area contributed by atoms with Crippen molar-refractivity contribution in [1.82, 2.24) is 15.1 Å². The van der Waals surface area contributed by atoms with Crippen molar-refractivity contribution < 1.29 is 9.59 Å². The summed E-state index contributed by atoms with van der Waals surface area (Å²) in [6, 6.07) is 17.1. The minimum absolute atomic E-state index is 0.209. The molecule has 3 amide bonds.